The molecule has 3 N–H and O–H groups in total. The summed E-state index contributed by atoms with van der Waals surface area (Å²) in [6, 6.07) is 10.8. The van der Waals surface area contributed by atoms with E-state index in [1.54, 1.807) is 6.07 Å². The van der Waals surface area contributed by atoms with Gasteiger partial charge >= 0.3 is 0 Å². The number of carbonyl (C=O) groups excluding carboxylic acids is 2. The molecule has 1 atom stereocenters. The van der Waals surface area contributed by atoms with E-state index in [-0.39, 0.29) is 11.8 Å². The van der Waals surface area contributed by atoms with Gasteiger partial charge in [-0.2, -0.15) is 4.98 Å². The number of nitrogens with one attached hydrogen (secondary N) is 3. The summed E-state index contributed by atoms with van der Waals surface area (Å²) in [5.41, 5.74) is 1.98. The van der Waals surface area contributed by atoms with Gasteiger partial charge in [-0.25, -0.2) is 0 Å². The fraction of sp³-hybridized carbons (Fsp3) is 0.360. The van der Waals surface area contributed by atoms with Gasteiger partial charge in [0.25, 0.3) is 5.91 Å². The number of para-hydroxylation sites is 1. The maximum absolute atomic E-state index is 13.1. The highest BCUT2D eigenvalue weighted by atomic mass is 32.1. The van der Waals surface area contributed by atoms with Gasteiger partial charge in [0.05, 0.1) is 4.88 Å². The van der Waals surface area contributed by atoms with Gasteiger partial charge in [-0.1, -0.05) is 43.3 Å². The van der Waals surface area contributed by atoms with Crippen molar-refractivity contribution in [1.82, 2.24) is 25.8 Å². The second-order valence-corrected chi connectivity index (χ2v) is 9.61. The van der Waals surface area contributed by atoms with Crippen LogP contribution in [0.3, 0.4) is 0 Å². The van der Waals surface area contributed by atoms with Crippen molar-refractivity contribution in [2.24, 2.45) is 5.92 Å². The zero-order valence-electron chi connectivity index (χ0n) is 19.3. The molecule has 8 nitrogen and oxygen atoms in total. The number of carbonyl (C=O) groups is 2. The second kappa shape index (κ2) is 11.1. The van der Waals surface area contributed by atoms with E-state index in [1.165, 1.54) is 11.3 Å². The minimum absolute atomic E-state index is 0.221. The summed E-state index contributed by atoms with van der Waals surface area (Å²) >= 11 is 1.35. The molecule has 0 unspecified atom stereocenters. The van der Waals surface area contributed by atoms with E-state index in [4.69, 9.17) is 4.52 Å². The van der Waals surface area contributed by atoms with Crippen molar-refractivity contribution in [2.45, 2.75) is 45.6 Å². The quantitative estimate of drug-likeness (QED) is 0.282. The Hall–Kier alpha value is -3.46. The van der Waals surface area contributed by atoms with E-state index in [2.05, 4.69) is 39.6 Å². The fourth-order valence-corrected chi connectivity index (χ4v) is 4.41. The molecular weight excluding hydrogens is 450 g/mol. The molecule has 0 saturated heterocycles. The molecule has 4 rings (SSSR count). The van der Waals surface area contributed by atoms with Crippen LogP contribution in [0.15, 0.2) is 52.5 Å². The molecule has 0 saturated carbocycles. The molecule has 0 radical (unpaired) electrons. The van der Waals surface area contributed by atoms with Crippen LogP contribution in [0.5, 0.6) is 0 Å². The Morgan fingerprint density at radius 1 is 1.15 bits per heavy atom. The Labute approximate surface area is 202 Å². The third kappa shape index (κ3) is 6.11. The van der Waals surface area contributed by atoms with Crippen LogP contribution < -0.4 is 10.6 Å². The highest BCUT2D eigenvalue weighted by molar-refractivity contribution is 7.12. The zero-order chi connectivity index (χ0) is 23.9. The molecule has 0 aliphatic rings. The second-order valence-electron chi connectivity index (χ2n) is 8.66. The fourth-order valence-electron chi connectivity index (χ4n) is 3.78. The van der Waals surface area contributed by atoms with Gasteiger partial charge in [-0.3, -0.25) is 9.59 Å². The SMILES string of the molecule is CC(C)Cc1noc(CCCNC(=O)[C@H](Cc2c[nH]c3ccccc23)NC(=O)c2cccs2)n1. The summed E-state index contributed by atoms with van der Waals surface area (Å²) in [5, 5.41) is 12.7. The van der Waals surface area contributed by atoms with Crippen molar-refractivity contribution in [1.29, 1.82) is 0 Å². The van der Waals surface area contributed by atoms with Crippen molar-refractivity contribution >= 4 is 34.1 Å². The molecular formula is C25H29N5O3S. The molecule has 34 heavy (non-hydrogen) atoms. The van der Waals surface area contributed by atoms with Crippen molar-refractivity contribution in [3.05, 3.63) is 70.1 Å². The summed E-state index contributed by atoms with van der Waals surface area (Å²) in [7, 11) is 0. The van der Waals surface area contributed by atoms with Gasteiger partial charge in [-0.05, 0) is 35.4 Å². The van der Waals surface area contributed by atoms with Crippen LogP contribution in [0, 0.1) is 5.92 Å². The lowest BCUT2D eigenvalue weighted by atomic mass is 10.0. The molecule has 178 valence electrons. The Morgan fingerprint density at radius 2 is 2.00 bits per heavy atom. The van der Waals surface area contributed by atoms with E-state index in [9.17, 15) is 9.59 Å². The summed E-state index contributed by atoms with van der Waals surface area (Å²) in [6.45, 7) is 4.66. The first-order chi connectivity index (χ1) is 16.5. The zero-order valence-corrected chi connectivity index (χ0v) is 20.2. The van der Waals surface area contributed by atoms with Gasteiger partial charge in [0.2, 0.25) is 11.8 Å². The Bertz CT molecular complexity index is 1230. The Kier molecular flexibility index (Phi) is 7.74. The maximum Gasteiger partial charge on any atom is 0.262 e. The van der Waals surface area contributed by atoms with Gasteiger partial charge in [0.1, 0.15) is 6.04 Å². The molecule has 0 fully saturated rings. The minimum Gasteiger partial charge on any atom is -0.361 e. The van der Waals surface area contributed by atoms with Crippen molar-refractivity contribution in [3.8, 4) is 0 Å². The van der Waals surface area contributed by atoms with E-state index < -0.39 is 6.04 Å². The number of aromatic amines is 1. The third-order valence-electron chi connectivity index (χ3n) is 5.43. The molecule has 1 aromatic carbocycles. The van der Waals surface area contributed by atoms with E-state index in [0.29, 0.717) is 48.3 Å². The third-order valence-corrected chi connectivity index (χ3v) is 6.30. The lowest BCUT2D eigenvalue weighted by molar-refractivity contribution is -0.122. The number of amides is 2. The van der Waals surface area contributed by atoms with E-state index in [1.807, 2.05) is 41.9 Å². The van der Waals surface area contributed by atoms with Crippen LogP contribution in [0.1, 0.15) is 47.2 Å². The molecule has 0 bridgehead atoms. The van der Waals surface area contributed by atoms with Gasteiger partial charge in [0.15, 0.2) is 5.82 Å². The highest BCUT2D eigenvalue weighted by Gasteiger charge is 2.23. The molecule has 3 heterocycles. The first-order valence-electron chi connectivity index (χ1n) is 11.5. The summed E-state index contributed by atoms with van der Waals surface area (Å²) in [4.78, 5) is 34.0. The van der Waals surface area contributed by atoms with E-state index >= 15 is 0 Å². The van der Waals surface area contributed by atoms with Crippen LogP contribution >= 0.6 is 11.3 Å². The minimum atomic E-state index is -0.699. The number of rotatable bonds is 11. The lowest BCUT2D eigenvalue weighted by Crippen LogP contribution is -2.48. The smallest absolute Gasteiger partial charge is 0.262 e. The number of fused-ring (bicyclic) bond motifs is 1. The predicted molar refractivity (Wildman–Crippen MR) is 132 cm³/mol. The van der Waals surface area contributed by atoms with Gasteiger partial charge < -0.3 is 20.1 Å². The number of H-pyrrole nitrogens is 1. The summed E-state index contributed by atoms with van der Waals surface area (Å²) in [6.07, 6.45) is 4.30. The van der Waals surface area contributed by atoms with Crippen LogP contribution in [0.2, 0.25) is 0 Å². The van der Waals surface area contributed by atoms with Crippen molar-refractivity contribution < 1.29 is 14.1 Å². The first-order valence-corrected chi connectivity index (χ1v) is 12.4. The summed E-state index contributed by atoms with van der Waals surface area (Å²) < 4.78 is 5.29. The topological polar surface area (TPSA) is 113 Å². The molecule has 9 heteroatoms. The summed E-state index contributed by atoms with van der Waals surface area (Å²) in [5.74, 6) is 1.28. The largest absolute Gasteiger partial charge is 0.361 e. The van der Waals surface area contributed by atoms with Crippen LogP contribution in [-0.4, -0.2) is 39.5 Å². The number of aryl methyl sites for hydroxylation is 1. The number of nitrogens with zero attached hydrogens (tertiary/aromatic N) is 2. The number of hydrogen-bond donors (Lipinski definition) is 3. The number of aromatic nitrogens is 3. The van der Waals surface area contributed by atoms with Crippen LogP contribution in [-0.2, 0) is 24.1 Å². The Morgan fingerprint density at radius 3 is 2.79 bits per heavy atom. The average Bonchev–Trinajstić information content (AvgIpc) is 3.57. The molecule has 0 aliphatic carbocycles. The monoisotopic (exact) mass is 479 g/mol. The predicted octanol–water partition coefficient (Wildman–Crippen LogP) is 3.90. The molecule has 3 aromatic heterocycles. The Balaban J connectivity index is 1.37. The lowest BCUT2D eigenvalue weighted by Gasteiger charge is -2.18. The molecule has 2 amide bonds. The van der Waals surface area contributed by atoms with Gasteiger partial charge in [0, 0.05) is 42.9 Å². The molecule has 0 aliphatic heterocycles. The number of hydrogen-bond acceptors (Lipinski definition) is 6. The van der Waals surface area contributed by atoms with Crippen molar-refractivity contribution in [2.75, 3.05) is 6.54 Å². The van der Waals surface area contributed by atoms with Crippen molar-refractivity contribution in [3.63, 3.8) is 0 Å². The molecule has 4 aromatic rings. The highest BCUT2D eigenvalue weighted by Crippen LogP contribution is 2.19. The number of thiophene rings is 1. The van der Waals surface area contributed by atoms with Crippen LogP contribution in [0.4, 0.5) is 0 Å². The first kappa shape index (κ1) is 23.7. The molecule has 0 spiro atoms. The average molecular weight is 480 g/mol. The van der Waals surface area contributed by atoms with E-state index in [0.717, 1.165) is 22.9 Å². The number of benzene rings is 1. The van der Waals surface area contributed by atoms with Gasteiger partial charge in [-0.15, -0.1) is 11.3 Å². The maximum atomic E-state index is 13.1. The normalized spacial score (nSPS) is 12.2. The van der Waals surface area contributed by atoms with Crippen LogP contribution in [0.25, 0.3) is 10.9 Å². The standard InChI is InChI=1S/C25H29N5O3S/c1-16(2)13-22-29-23(33-30-22)10-5-11-26-24(31)20(28-25(32)21-9-6-12-34-21)14-17-15-27-19-8-4-3-7-18(17)19/h3-4,6-9,12,15-16,20,27H,5,10-11,13-14H2,1-2H3,(H,26,31)(H,28,32)/t20-/m0/s1.